The number of nitriles is 2. The van der Waals surface area contributed by atoms with Gasteiger partial charge in [0.25, 0.3) is 11.8 Å². The highest BCUT2D eigenvalue weighted by molar-refractivity contribution is 6.03. The summed E-state index contributed by atoms with van der Waals surface area (Å²) in [4.78, 5) is 93.0. The molecule has 20 nitrogen and oxygen atoms in total. The monoisotopic (exact) mass is 948 g/mol. The zero-order chi connectivity index (χ0) is 50.4. The van der Waals surface area contributed by atoms with Gasteiger partial charge in [-0.15, -0.1) is 0 Å². The fourth-order valence-corrected chi connectivity index (χ4v) is 9.11. The largest absolute Gasteiger partial charge is 0.481 e. The zero-order valence-electron chi connectivity index (χ0n) is 40.8. The summed E-state index contributed by atoms with van der Waals surface area (Å²) in [6.07, 6.45) is 3.87. The van der Waals surface area contributed by atoms with Crippen molar-refractivity contribution in [3.05, 3.63) is 47.5 Å². The van der Waals surface area contributed by atoms with E-state index in [-0.39, 0.29) is 73.6 Å². The number of piperidine rings is 2. The van der Waals surface area contributed by atoms with Crippen LogP contribution in [-0.4, -0.2) is 106 Å². The number of methoxy groups -OCH3 is 2. The first kappa shape index (κ1) is 51.2. The second kappa shape index (κ2) is 21.4. The summed E-state index contributed by atoms with van der Waals surface area (Å²) in [5, 5.41) is 38.3. The number of pyridine rings is 2. The van der Waals surface area contributed by atoms with Crippen LogP contribution >= 0.6 is 0 Å². The molecule has 2 fully saturated rings. The van der Waals surface area contributed by atoms with Crippen LogP contribution in [0.4, 0.5) is 0 Å². The highest BCUT2D eigenvalue weighted by atomic mass is 16.5. The Bertz CT molecular complexity index is 2680. The Morgan fingerprint density at radius 2 is 1.41 bits per heavy atom. The minimum absolute atomic E-state index is 0.0161. The molecule has 7 N–H and O–H groups in total. The molecule has 1 unspecified atom stereocenters. The van der Waals surface area contributed by atoms with Gasteiger partial charge < -0.3 is 50.9 Å². The number of hydrogen-bond donors (Lipinski definition) is 7. The molecule has 6 heterocycles. The van der Waals surface area contributed by atoms with Gasteiger partial charge in [-0.1, -0.05) is 41.5 Å². The third-order valence-electron chi connectivity index (χ3n) is 12.5. The fourth-order valence-electron chi connectivity index (χ4n) is 9.11. The summed E-state index contributed by atoms with van der Waals surface area (Å²) < 4.78 is 12.7. The Balaban J connectivity index is 1.16. The summed E-state index contributed by atoms with van der Waals surface area (Å²) in [6, 6.07) is 6.93. The van der Waals surface area contributed by atoms with Crippen molar-refractivity contribution in [2.75, 3.05) is 27.3 Å². The van der Waals surface area contributed by atoms with E-state index in [2.05, 4.69) is 54.0 Å². The molecule has 0 bridgehead atoms. The molecule has 2 aliphatic rings. The first-order chi connectivity index (χ1) is 32.6. The Kier molecular flexibility index (Phi) is 15.9. The number of fused-ring (bicyclic) bond motifs is 2. The normalized spacial score (nSPS) is 19.1. The predicted octanol–water partition coefficient (Wildman–Crippen LogP) is 3.78. The number of aryl methyl sites for hydroxylation is 1. The van der Waals surface area contributed by atoms with Crippen molar-refractivity contribution >= 4 is 57.2 Å². The van der Waals surface area contributed by atoms with E-state index >= 15 is 0 Å². The number of carbonyl (C=O) groups is 6. The topological polar surface area (TPSA) is 287 Å². The first-order valence-corrected chi connectivity index (χ1v) is 23.2. The molecule has 0 aliphatic carbocycles. The first-order valence-electron chi connectivity index (χ1n) is 23.2. The maximum Gasteiger partial charge on any atom is 0.268 e. The van der Waals surface area contributed by atoms with E-state index in [0.29, 0.717) is 46.3 Å². The number of aromatic amines is 1. The molecule has 20 heteroatoms. The second-order valence-electron chi connectivity index (χ2n) is 20.5. The molecule has 368 valence electrons. The van der Waals surface area contributed by atoms with Gasteiger partial charge in [-0.25, -0.2) is 9.97 Å². The van der Waals surface area contributed by atoms with Crippen LogP contribution in [0.2, 0.25) is 0 Å². The van der Waals surface area contributed by atoms with Gasteiger partial charge in [0.2, 0.25) is 35.4 Å². The highest BCUT2D eigenvalue weighted by Crippen LogP contribution is 2.35. The molecule has 0 aromatic carbocycles. The summed E-state index contributed by atoms with van der Waals surface area (Å²) in [5.41, 5.74) is 1.40. The summed E-state index contributed by atoms with van der Waals surface area (Å²) in [5.74, 6) is -3.51. The number of hydrogen-bond acceptors (Lipinski definition) is 12. The van der Waals surface area contributed by atoms with Crippen LogP contribution in [-0.2, 0) is 26.2 Å². The van der Waals surface area contributed by atoms with Crippen LogP contribution in [0.3, 0.4) is 0 Å². The Labute approximate surface area is 401 Å². The molecular weight excluding hydrogens is 885 g/mol. The molecule has 4 aromatic rings. The van der Waals surface area contributed by atoms with Gasteiger partial charge in [0, 0.05) is 44.1 Å². The number of nitrogens with one attached hydrogen (secondary N) is 7. The van der Waals surface area contributed by atoms with Gasteiger partial charge >= 0.3 is 0 Å². The number of ether oxygens (including phenoxy) is 2. The average Bonchev–Trinajstić information content (AvgIpc) is 3.89. The molecule has 0 spiro atoms. The van der Waals surface area contributed by atoms with Crippen molar-refractivity contribution in [3.8, 4) is 23.9 Å². The molecule has 2 aliphatic heterocycles. The van der Waals surface area contributed by atoms with Gasteiger partial charge in [0.05, 0.1) is 53.9 Å². The van der Waals surface area contributed by atoms with Crippen molar-refractivity contribution in [1.82, 2.24) is 51.4 Å². The minimum Gasteiger partial charge on any atom is -0.481 e. The summed E-state index contributed by atoms with van der Waals surface area (Å²) >= 11 is 0. The fraction of sp³-hybridized carbons (Fsp3) is 0.551. The number of aromatic nitrogens is 4. The SMILES string of the molecule is COc1nccc2[nH]c(C(=O)N[C@@H](CC(C)(C)C)C(=O)N[C@H](C#N)C[C@@H]3CC(c4cc5c(cc(C(=O)N[C@@H](CC(C)(C)C)C(=O)N[C@H](C#N)C[C@@H]6CCCNC6=O)n5C)c(OC)n4)CNC3=O)cc12. The molecule has 6 amide bonds. The van der Waals surface area contributed by atoms with Crippen LogP contribution in [0, 0.1) is 45.3 Å². The van der Waals surface area contributed by atoms with E-state index in [4.69, 9.17) is 14.5 Å². The van der Waals surface area contributed by atoms with Crippen molar-refractivity contribution in [2.24, 2.45) is 29.7 Å². The number of amides is 6. The van der Waals surface area contributed by atoms with Crippen LogP contribution in [0.25, 0.3) is 21.8 Å². The lowest BCUT2D eigenvalue weighted by atomic mass is 9.83. The van der Waals surface area contributed by atoms with Crippen molar-refractivity contribution in [3.63, 3.8) is 0 Å². The van der Waals surface area contributed by atoms with E-state index in [1.54, 1.807) is 36.0 Å². The lowest BCUT2D eigenvalue weighted by molar-refractivity contribution is -0.128. The number of carbonyl (C=O) groups excluding carboxylic acids is 6. The second-order valence-corrected chi connectivity index (χ2v) is 20.5. The van der Waals surface area contributed by atoms with Gasteiger partial charge in [-0.2, -0.15) is 10.5 Å². The Morgan fingerprint density at radius 1 is 0.812 bits per heavy atom. The molecule has 7 atom stereocenters. The van der Waals surface area contributed by atoms with Crippen LogP contribution < -0.4 is 41.4 Å². The third-order valence-corrected chi connectivity index (χ3v) is 12.5. The Morgan fingerprint density at radius 3 is 1.99 bits per heavy atom. The average molecular weight is 949 g/mol. The minimum atomic E-state index is -1.08. The molecular formula is C49H64N12O8. The van der Waals surface area contributed by atoms with E-state index in [1.807, 2.05) is 47.6 Å². The van der Waals surface area contributed by atoms with Crippen LogP contribution in [0.1, 0.15) is 119 Å². The molecule has 69 heavy (non-hydrogen) atoms. The molecule has 4 aromatic heterocycles. The quantitative estimate of drug-likeness (QED) is 0.0797. The molecule has 0 saturated carbocycles. The van der Waals surface area contributed by atoms with Crippen LogP contribution in [0.15, 0.2) is 30.5 Å². The third kappa shape index (κ3) is 12.7. The van der Waals surface area contributed by atoms with Gasteiger partial charge in [-0.05, 0) is 80.0 Å². The van der Waals surface area contributed by atoms with E-state index < -0.39 is 70.5 Å². The standard InChI is InChI=1S/C49H64N12O8/c1-48(2,3)21-36(58-42(64)35-18-31-33(57-35)12-14-53-46(31)68-8)43(65)56-30(24-51)17-27-15-28(25-54-41(27)63)34-20-38-32(47(60-34)69-9)19-39(61(38)7)45(67)59-37(22-49(4,5)6)44(66)55-29(23-50)16-26-11-10-13-52-40(26)62/h12,14,18-20,26-30,36-37,57H,10-11,13,15-17,21-22,25H2,1-9H3,(H,52,62)(H,54,63)(H,55,66)(H,56,65)(H,58,64)(H,59,67)/t26-,27-,28?,29-,30-,36-,37-/m0/s1. The summed E-state index contributed by atoms with van der Waals surface area (Å²) in [6.45, 7) is 12.4. The molecule has 2 saturated heterocycles. The lowest BCUT2D eigenvalue weighted by Crippen LogP contribution is -2.52. The molecule has 0 radical (unpaired) electrons. The lowest BCUT2D eigenvalue weighted by Gasteiger charge is -2.31. The molecule has 6 rings (SSSR count). The zero-order valence-corrected chi connectivity index (χ0v) is 40.8. The highest BCUT2D eigenvalue weighted by Gasteiger charge is 2.36. The smallest absolute Gasteiger partial charge is 0.268 e. The maximum atomic E-state index is 14.1. The van der Waals surface area contributed by atoms with Gasteiger partial charge in [-0.3, -0.25) is 28.8 Å². The number of rotatable bonds is 17. The van der Waals surface area contributed by atoms with E-state index in [9.17, 15) is 39.3 Å². The van der Waals surface area contributed by atoms with E-state index in [1.165, 1.54) is 14.2 Å². The van der Waals surface area contributed by atoms with Gasteiger partial charge in [0.15, 0.2) is 0 Å². The van der Waals surface area contributed by atoms with Gasteiger partial charge in [0.1, 0.15) is 35.6 Å². The van der Waals surface area contributed by atoms with Crippen molar-refractivity contribution in [2.45, 2.75) is 117 Å². The number of H-pyrrole nitrogens is 1. The van der Waals surface area contributed by atoms with Crippen molar-refractivity contribution in [1.29, 1.82) is 10.5 Å². The van der Waals surface area contributed by atoms with E-state index in [0.717, 1.165) is 6.42 Å². The Hall–Kier alpha value is -7.22. The number of nitrogens with zero attached hydrogens (tertiary/aromatic N) is 5. The summed E-state index contributed by atoms with van der Waals surface area (Å²) in [7, 11) is 4.64. The van der Waals surface area contributed by atoms with Crippen LogP contribution in [0.5, 0.6) is 11.8 Å². The maximum absolute atomic E-state index is 14.1. The predicted molar refractivity (Wildman–Crippen MR) is 254 cm³/mol. The van der Waals surface area contributed by atoms with Crippen molar-refractivity contribution < 1.29 is 38.2 Å².